The molecule has 86 valence electrons. The van der Waals surface area contributed by atoms with Crippen molar-refractivity contribution in [3.63, 3.8) is 0 Å². The molecule has 0 unspecified atom stereocenters. The first-order valence-corrected chi connectivity index (χ1v) is 5.42. The van der Waals surface area contributed by atoms with Gasteiger partial charge in [-0.3, -0.25) is 10.1 Å². The molecule has 1 atom stereocenters. The number of nitrogens with one attached hydrogen (secondary N) is 1. The van der Waals surface area contributed by atoms with Crippen LogP contribution in [0.5, 0.6) is 0 Å². The van der Waals surface area contributed by atoms with Gasteiger partial charge in [-0.2, -0.15) is 0 Å². The van der Waals surface area contributed by atoms with Gasteiger partial charge < -0.3 is 5.32 Å². The van der Waals surface area contributed by atoms with Gasteiger partial charge in [-0.05, 0) is 23.5 Å². The van der Waals surface area contributed by atoms with Crippen molar-refractivity contribution in [1.29, 1.82) is 0 Å². The van der Waals surface area contributed by atoms with E-state index in [0.717, 1.165) is 17.7 Å². The second kappa shape index (κ2) is 3.47. The van der Waals surface area contributed by atoms with Crippen LogP contribution < -0.4 is 5.32 Å². The third kappa shape index (κ3) is 1.87. The summed E-state index contributed by atoms with van der Waals surface area (Å²) in [6, 6.07) is 5.38. The molecule has 1 aromatic carbocycles. The van der Waals surface area contributed by atoms with Gasteiger partial charge >= 0.3 is 0 Å². The number of rotatable bonds is 1. The average Bonchev–Trinajstić information content (AvgIpc) is 2.58. The summed E-state index contributed by atoms with van der Waals surface area (Å²) in [7, 11) is 0. The maximum atomic E-state index is 10.7. The van der Waals surface area contributed by atoms with E-state index in [1.165, 1.54) is 0 Å². The smallest absolute Gasteiger partial charge is 0.269 e. The van der Waals surface area contributed by atoms with E-state index in [4.69, 9.17) is 0 Å². The second-order valence-electron chi connectivity index (χ2n) is 5.37. The predicted molar refractivity (Wildman–Crippen MR) is 63.7 cm³/mol. The normalized spacial score (nSPS) is 19.1. The number of anilines is 1. The van der Waals surface area contributed by atoms with Gasteiger partial charge in [-0.1, -0.05) is 20.8 Å². The average molecular weight is 220 g/mol. The van der Waals surface area contributed by atoms with Crippen LogP contribution >= 0.6 is 0 Å². The van der Waals surface area contributed by atoms with Gasteiger partial charge in [0.15, 0.2) is 0 Å². The Balaban J connectivity index is 2.28. The van der Waals surface area contributed by atoms with Crippen LogP contribution in [-0.4, -0.2) is 11.0 Å². The van der Waals surface area contributed by atoms with Crippen LogP contribution in [0.15, 0.2) is 18.2 Å². The third-order valence-electron chi connectivity index (χ3n) is 3.10. The van der Waals surface area contributed by atoms with E-state index in [1.807, 2.05) is 0 Å². The third-order valence-corrected chi connectivity index (χ3v) is 3.10. The summed E-state index contributed by atoms with van der Waals surface area (Å²) >= 11 is 0. The highest BCUT2D eigenvalue weighted by Crippen LogP contribution is 2.35. The topological polar surface area (TPSA) is 55.2 Å². The Morgan fingerprint density at radius 3 is 2.69 bits per heavy atom. The van der Waals surface area contributed by atoms with Crippen LogP contribution in [0.3, 0.4) is 0 Å². The molecule has 1 aromatic rings. The molecular weight excluding hydrogens is 204 g/mol. The number of benzene rings is 1. The lowest BCUT2D eigenvalue weighted by atomic mass is 9.85. The van der Waals surface area contributed by atoms with E-state index < -0.39 is 0 Å². The predicted octanol–water partition coefficient (Wildman–Crippen LogP) is 2.98. The fourth-order valence-corrected chi connectivity index (χ4v) is 1.98. The SMILES string of the molecule is CC(C)(C)[C@H]1Cc2cc([N+](=O)[O-])ccc2N1. The van der Waals surface area contributed by atoms with Crippen molar-refractivity contribution in [3.05, 3.63) is 33.9 Å². The quantitative estimate of drug-likeness (QED) is 0.584. The van der Waals surface area contributed by atoms with Crippen LogP contribution in [0.1, 0.15) is 26.3 Å². The monoisotopic (exact) mass is 220 g/mol. The second-order valence-corrected chi connectivity index (χ2v) is 5.37. The number of nitro groups is 1. The molecular formula is C12H16N2O2. The molecule has 2 rings (SSSR count). The van der Waals surface area contributed by atoms with Crippen LogP contribution in [0.25, 0.3) is 0 Å². The Hall–Kier alpha value is -1.58. The van der Waals surface area contributed by atoms with E-state index in [-0.39, 0.29) is 16.0 Å². The highest BCUT2D eigenvalue weighted by Gasteiger charge is 2.31. The molecule has 0 saturated heterocycles. The zero-order valence-electron chi connectivity index (χ0n) is 9.78. The van der Waals surface area contributed by atoms with Crippen LogP contribution in [0.4, 0.5) is 11.4 Å². The minimum Gasteiger partial charge on any atom is -0.381 e. The Kier molecular flexibility index (Phi) is 2.37. The summed E-state index contributed by atoms with van der Waals surface area (Å²) in [6.45, 7) is 6.51. The van der Waals surface area contributed by atoms with Crippen molar-refractivity contribution in [3.8, 4) is 0 Å². The summed E-state index contributed by atoms with van der Waals surface area (Å²) in [4.78, 5) is 10.3. The molecule has 0 saturated carbocycles. The van der Waals surface area contributed by atoms with E-state index in [1.54, 1.807) is 18.2 Å². The number of nitro benzene ring substituents is 1. The van der Waals surface area contributed by atoms with Gasteiger partial charge in [0.2, 0.25) is 0 Å². The molecule has 0 aromatic heterocycles. The molecule has 0 spiro atoms. The molecule has 4 nitrogen and oxygen atoms in total. The highest BCUT2D eigenvalue weighted by molar-refractivity contribution is 5.60. The van der Waals surface area contributed by atoms with Crippen molar-refractivity contribution >= 4 is 11.4 Å². The largest absolute Gasteiger partial charge is 0.381 e. The molecule has 1 heterocycles. The first kappa shape index (κ1) is 10.9. The highest BCUT2D eigenvalue weighted by atomic mass is 16.6. The Morgan fingerprint density at radius 1 is 1.44 bits per heavy atom. The summed E-state index contributed by atoms with van der Waals surface area (Å²) < 4.78 is 0. The standard InChI is InChI=1S/C12H16N2O2/c1-12(2,3)11-7-8-6-9(14(15)16)4-5-10(8)13-11/h4-6,11,13H,7H2,1-3H3/t11-/m1/s1. The number of non-ortho nitro benzene ring substituents is 1. The maximum absolute atomic E-state index is 10.7. The van der Waals surface area contributed by atoms with Crippen LogP contribution in [-0.2, 0) is 6.42 Å². The molecule has 1 aliphatic heterocycles. The van der Waals surface area contributed by atoms with Gasteiger partial charge in [0.05, 0.1) is 4.92 Å². The van der Waals surface area contributed by atoms with Crippen LogP contribution in [0.2, 0.25) is 0 Å². The molecule has 0 aliphatic carbocycles. The molecule has 1 N–H and O–H groups in total. The van der Waals surface area contributed by atoms with Crippen molar-refractivity contribution in [2.24, 2.45) is 5.41 Å². The first-order chi connectivity index (χ1) is 7.38. The molecule has 0 radical (unpaired) electrons. The number of fused-ring (bicyclic) bond motifs is 1. The lowest BCUT2D eigenvalue weighted by Crippen LogP contribution is -2.31. The summed E-state index contributed by atoms with van der Waals surface area (Å²) in [5.74, 6) is 0. The van der Waals surface area contributed by atoms with E-state index in [2.05, 4.69) is 26.1 Å². The lowest BCUT2D eigenvalue weighted by molar-refractivity contribution is -0.384. The van der Waals surface area contributed by atoms with Gasteiger partial charge in [-0.15, -0.1) is 0 Å². The number of nitrogens with zero attached hydrogens (tertiary/aromatic N) is 1. The summed E-state index contributed by atoms with van der Waals surface area (Å²) in [5.41, 5.74) is 2.42. The lowest BCUT2D eigenvalue weighted by Gasteiger charge is -2.27. The van der Waals surface area contributed by atoms with Gasteiger partial charge in [0.25, 0.3) is 5.69 Å². The fourth-order valence-electron chi connectivity index (χ4n) is 1.98. The minimum absolute atomic E-state index is 0.161. The maximum Gasteiger partial charge on any atom is 0.269 e. The summed E-state index contributed by atoms with van der Waals surface area (Å²) in [6.07, 6.45) is 0.862. The fraction of sp³-hybridized carbons (Fsp3) is 0.500. The van der Waals surface area contributed by atoms with Crippen molar-refractivity contribution in [2.75, 3.05) is 5.32 Å². The van der Waals surface area contributed by atoms with Gasteiger partial charge in [-0.25, -0.2) is 0 Å². The zero-order chi connectivity index (χ0) is 11.9. The summed E-state index contributed by atoms with van der Waals surface area (Å²) in [5, 5.41) is 14.1. The Morgan fingerprint density at radius 2 is 2.12 bits per heavy atom. The molecule has 4 heteroatoms. The van der Waals surface area contributed by atoms with Crippen LogP contribution in [0, 0.1) is 15.5 Å². The number of hydrogen-bond donors (Lipinski definition) is 1. The van der Waals surface area contributed by atoms with E-state index >= 15 is 0 Å². The first-order valence-electron chi connectivity index (χ1n) is 5.42. The van der Waals surface area contributed by atoms with Crippen molar-refractivity contribution < 1.29 is 4.92 Å². The molecule has 0 fully saturated rings. The molecule has 0 bridgehead atoms. The Labute approximate surface area is 94.8 Å². The minimum atomic E-state index is -0.343. The molecule has 0 amide bonds. The van der Waals surface area contributed by atoms with E-state index in [9.17, 15) is 10.1 Å². The van der Waals surface area contributed by atoms with Crippen molar-refractivity contribution in [1.82, 2.24) is 0 Å². The number of hydrogen-bond acceptors (Lipinski definition) is 3. The Bertz CT molecular complexity index is 435. The molecule has 16 heavy (non-hydrogen) atoms. The van der Waals surface area contributed by atoms with E-state index in [0.29, 0.717) is 6.04 Å². The van der Waals surface area contributed by atoms with Crippen molar-refractivity contribution in [2.45, 2.75) is 33.2 Å². The zero-order valence-corrected chi connectivity index (χ0v) is 9.78. The molecule has 1 aliphatic rings. The van der Waals surface area contributed by atoms with Gasteiger partial charge in [0.1, 0.15) is 0 Å². The van der Waals surface area contributed by atoms with Gasteiger partial charge in [0, 0.05) is 23.9 Å².